The molecule has 1 saturated heterocycles. The summed E-state index contributed by atoms with van der Waals surface area (Å²) in [6.45, 7) is 3.20. The molecule has 3 aromatic rings. The van der Waals surface area contributed by atoms with Gasteiger partial charge in [0.1, 0.15) is 5.65 Å². The molecule has 1 atom stereocenters. The lowest BCUT2D eigenvalue weighted by Gasteiger charge is -2.36. The second-order valence-electron chi connectivity index (χ2n) is 7.51. The lowest BCUT2D eigenvalue weighted by atomic mass is 10.0. The van der Waals surface area contributed by atoms with Crippen molar-refractivity contribution in [2.45, 2.75) is 45.1 Å². The number of nitrogens with one attached hydrogen (secondary N) is 2. The molecule has 0 bridgehead atoms. The summed E-state index contributed by atoms with van der Waals surface area (Å²) >= 11 is 6.07. The number of rotatable bonds is 6. The van der Waals surface area contributed by atoms with Gasteiger partial charge in [0, 0.05) is 48.9 Å². The molecule has 0 aromatic carbocycles. The van der Waals surface area contributed by atoms with Crippen LogP contribution in [0.4, 0.5) is 10.2 Å². The molecule has 1 amide bonds. The molecular weight excluding hydrogens is 407 g/mol. The number of pyridine rings is 1. The van der Waals surface area contributed by atoms with Crippen molar-refractivity contribution in [1.82, 2.24) is 24.8 Å². The molecule has 0 saturated carbocycles. The number of piperidine rings is 1. The Morgan fingerprint density at radius 3 is 3.07 bits per heavy atom. The number of H-pyrrole nitrogens is 1. The van der Waals surface area contributed by atoms with Crippen LogP contribution in [0.5, 0.6) is 0 Å². The van der Waals surface area contributed by atoms with Crippen LogP contribution in [0.1, 0.15) is 39.0 Å². The smallest absolute Gasteiger partial charge is 0.222 e. The van der Waals surface area contributed by atoms with Crippen molar-refractivity contribution in [3.05, 3.63) is 35.5 Å². The molecular formula is C21H24ClFN6O. The van der Waals surface area contributed by atoms with E-state index < -0.39 is 5.82 Å². The molecule has 1 aliphatic rings. The number of aromatic nitrogens is 4. The SMILES string of the molecule is CCCC(=O)N1CCCC[C@@H]1CNc1nc(-c2c[nH]c3ncc(Cl)cc23)ncc1F. The number of nitrogens with zero attached hydrogens (tertiary/aromatic N) is 4. The van der Waals surface area contributed by atoms with Crippen LogP contribution >= 0.6 is 11.6 Å². The van der Waals surface area contributed by atoms with Crippen LogP contribution in [-0.2, 0) is 4.79 Å². The molecule has 0 radical (unpaired) electrons. The fourth-order valence-electron chi connectivity index (χ4n) is 3.90. The van der Waals surface area contributed by atoms with Crippen LogP contribution in [0.2, 0.25) is 5.02 Å². The number of fused-ring (bicyclic) bond motifs is 1. The molecule has 0 spiro atoms. The maximum Gasteiger partial charge on any atom is 0.222 e. The van der Waals surface area contributed by atoms with E-state index in [1.54, 1.807) is 18.5 Å². The van der Waals surface area contributed by atoms with Gasteiger partial charge in [-0.25, -0.2) is 19.3 Å². The Morgan fingerprint density at radius 1 is 1.37 bits per heavy atom. The summed E-state index contributed by atoms with van der Waals surface area (Å²) in [7, 11) is 0. The van der Waals surface area contributed by atoms with Crippen LogP contribution in [0.25, 0.3) is 22.4 Å². The molecule has 30 heavy (non-hydrogen) atoms. The van der Waals surface area contributed by atoms with Gasteiger partial charge in [-0.1, -0.05) is 18.5 Å². The summed E-state index contributed by atoms with van der Waals surface area (Å²) in [5.41, 5.74) is 1.35. The van der Waals surface area contributed by atoms with Crippen molar-refractivity contribution in [3.63, 3.8) is 0 Å². The van der Waals surface area contributed by atoms with E-state index in [-0.39, 0.29) is 17.8 Å². The lowest BCUT2D eigenvalue weighted by molar-refractivity contribution is -0.134. The first-order valence-corrected chi connectivity index (χ1v) is 10.6. The second-order valence-corrected chi connectivity index (χ2v) is 7.95. The summed E-state index contributed by atoms with van der Waals surface area (Å²) < 4.78 is 14.4. The van der Waals surface area contributed by atoms with Gasteiger partial charge in [-0.2, -0.15) is 0 Å². The number of likely N-dealkylation sites (tertiary alicyclic amines) is 1. The van der Waals surface area contributed by atoms with E-state index >= 15 is 0 Å². The summed E-state index contributed by atoms with van der Waals surface area (Å²) in [5, 5.41) is 4.36. The van der Waals surface area contributed by atoms with E-state index in [4.69, 9.17) is 11.6 Å². The van der Waals surface area contributed by atoms with Gasteiger partial charge in [0.2, 0.25) is 5.91 Å². The summed E-state index contributed by atoms with van der Waals surface area (Å²) in [4.78, 5) is 30.2. The highest BCUT2D eigenvalue weighted by Crippen LogP contribution is 2.28. The summed E-state index contributed by atoms with van der Waals surface area (Å²) in [5.74, 6) is 0.127. The molecule has 158 valence electrons. The van der Waals surface area contributed by atoms with Crippen molar-refractivity contribution < 1.29 is 9.18 Å². The van der Waals surface area contributed by atoms with Crippen molar-refractivity contribution in [2.24, 2.45) is 0 Å². The van der Waals surface area contributed by atoms with Gasteiger partial charge in [0.25, 0.3) is 0 Å². The maximum absolute atomic E-state index is 14.4. The number of aromatic amines is 1. The highest BCUT2D eigenvalue weighted by molar-refractivity contribution is 6.31. The Hall–Kier alpha value is -2.74. The van der Waals surface area contributed by atoms with E-state index in [9.17, 15) is 9.18 Å². The van der Waals surface area contributed by atoms with Crippen LogP contribution < -0.4 is 5.32 Å². The first kappa shape index (κ1) is 20.5. The third-order valence-electron chi connectivity index (χ3n) is 5.40. The number of hydrogen-bond acceptors (Lipinski definition) is 5. The zero-order chi connectivity index (χ0) is 21.1. The van der Waals surface area contributed by atoms with E-state index in [1.165, 1.54) is 0 Å². The van der Waals surface area contributed by atoms with Gasteiger partial charge < -0.3 is 15.2 Å². The fourth-order valence-corrected chi connectivity index (χ4v) is 4.05. The monoisotopic (exact) mass is 430 g/mol. The zero-order valence-electron chi connectivity index (χ0n) is 16.8. The van der Waals surface area contributed by atoms with E-state index in [2.05, 4.69) is 25.3 Å². The Kier molecular flexibility index (Phi) is 6.13. The minimum Gasteiger partial charge on any atom is -0.365 e. The van der Waals surface area contributed by atoms with Gasteiger partial charge in [-0.15, -0.1) is 0 Å². The van der Waals surface area contributed by atoms with Crippen LogP contribution in [-0.4, -0.2) is 49.9 Å². The standard InChI is InChI=1S/C21H24ClFN6O/c1-2-5-18(30)29-7-4-3-6-14(29)10-25-21-17(23)12-27-20(28-21)16-11-26-19-15(16)8-13(22)9-24-19/h8-9,11-12,14H,2-7,10H2,1H3,(H,24,26)(H,25,27,28)/t14-/m1/s1. The summed E-state index contributed by atoms with van der Waals surface area (Å²) in [6, 6.07) is 1.81. The zero-order valence-corrected chi connectivity index (χ0v) is 17.5. The Balaban J connectivity index is 1.55. The topological polar surface area (TPSA) is 86.8 Å². The minimum atomic E-state index is -0.531. The average Bonchev–Trinajstić information content (AvgIpc) is 3.16. The number of halogens is 2. The number of amides is 1. The number of carbonyl (C=O) groups is 1. The number of hydrogen-bond donors (Lipinski definition) is 2. The molecule has 7 nitrogen and oxygen atoms in total. The van der Waals surface area contributed by atoms with E-state index in [0.29, 0.717) is 35.0 Å². The van der Waals surface area contributed by atoms with Crippen molar-refractivity contribution in [1.29, 1.82) is 0 Å². The van der Waals surface area contributed by atoms with Crippen LogP contribution in [0, 0.1) is 5.82 Å². The molecule has 0 unspecified atom stereocenters. The quantitative estimate of drug-likeness (QED) is 0.605. The molecule has 0 aliphatic carbocycles. The molecule has 2 N–H and O–H groups in total. The Bertz CT molecular complexity index is 1060. The molecule has 4 heterocycles. The number of anilines is 1. The van der Waals surface area contributed by atoms with Crippen LogP contribution in [0.3, 0.4) is 0 Å². The van der Waals surface area contributed by atoms with Crippen LogP contribution in [0.15, 0.2) is 24.7 Å². The van der Waals surface area contributed by atoms with Crippen molar-refractivity contribution in [3.8, 4) is 11.4 Å². The first-order chi connectivity index (χ1) is 14.6. The van der Waals surface area contributed by atoms with Gasteiger partial charge in [-0.3, -0.25) is 4.79 Å². The minimum absolute atomic E-state index is 0.0340. The van der Waals surface area contributed by atoms with Gasteiger partial charge in [0.15, 0.2) is 17.5 Å². The molecule has 9 heteroatoms. The molecule has 1 fully saturated rings. The van der Waals surface area contributed by atoms with Crippen molar-refractivity contribution in [2.75, 3.05) is 18.4 Å². The predicted octanol–water partition coefficient (Wildman–Crippen LogP) is 4.41. The summed E-state index contributed by atoms with van der Waals surface area (Å²) in [6.07, 6.45) is 8.77. The first-order valence-electron chi connectivity index (χ1n) is 10.3. The normalized spacial score (nSPS) is 16.8. The van der Waals surface area contributed by atoms with Gasteiger partial charge in [0.05, 0.1) is 11.2 Å². The van der Waals surface area contributed by atoms with E-state index in [0.717, 1.165) is 43.8 Å². The molecule has 1 aliphatic heterocycles. The van der Waals surface area contributed by atoms with Gasteiger partial charge >= 0.3 is 0 Å². The largest absolute Gasteiger partial charge is 0.365 e. The van der Waals surface area contributed by atoms with E-state index in [1.807, 2.05) is 11.8 Å². The molecule has 3 aromatic heterocycles. The third-order valence-corrected chi connectivity index (χ3v) is 5.61. The van der Waals surface area contributed by atoms with Gasteiger partial charge in [-0.05, 0) is 31.7 Å². The Labute approximate surface area is 179 Å². The molecule has 4 rings (SSSR count). The third kappa shape index (κ3) is 4.23. The highest BCUT2D eigenvalue weighted by Gasteiger charge is 2.26. The predicted molar refractivity (Wildman–Crippen MR) is 115 cm³/mol. The van der Waals surface area contributed by atoms with Crippen molar-refractivity contribution >= 4 is 34.4 Å². The lowest BCUT2D eigenvalue weighted by Crippen LogP contribution is -2.47. The second kappa shape index (κ2) is 8.95. The fraction of sp³-hybridized carbons (Fsp3) is 0.429. The maximum atomic E-state index is 14.4. The Morgan fingerprint density at radius 2 is 2.23 bits per heavy atom. The number of carbonyl (C=O) groups excluding carboxylic acids is 1. The highest BCUT2D eigenvalue weighted by atomic mass is 35.5. The average molecular weight is 431 g/mol.